The number of imidazole rings is 1. The zero-order valence-corrected chi connectivity index (χ0v) is 13.3. The van der Waals surface area contributed by atoms with Crippen LogP contribution < -0.4 is 4.72 Å². The van der Waals surface area contributed by atoms with Gasteiger partial charge in [0.2, 0.25) is 0 Å². The first-order valence-corrected chi connectivity index (χ1v) is 7.55. The van der Waals surface area contributed by atoms with Crippen molar-refractivity contribution in [1.29, 1.82) is 0 Å². The molecule has 18 heavy (non-hydrogen) atoms. The maximum absolute atomic E-state index is 4.48. The summed E-state index contributed by atoms with van der Waals surface area (Å²) in [7, 11) is 0. The van der Waals surface area contributed by atoms with Gasteiger partial charge in [-0.15, -0.1) is 0 Å². The molecule has 0 saturated heterocycles. The lowest BCUT2D eigenvalue weighted by molar-refractivity contribution is 0.515. The highest BCUT2D eigenvalue weighted by Crippen LogP contribution is 2.23. The first-order valence-electron chi connectivity index (χ1n) is 6.73. The average Bonchev–Trinajstić information content (AvgIpc) is 2.70. The van der Waals surface area contributed by atoms with E-state index in [1.54, 1.807) is 11.9 Å². The van der Waals surface area contributed by atoms with E-state index in [4.69, 9.17) is 0 Å². The van der Waals surface area contributed by atoms with Crippen molar-refractivity contribution in [2.75, 3.05) is 0 Å². The monoisotopic (exact) mass is 269 g/mol. The molecule has 1 atom stereocenters. The zero-order valence-electron chi connectivity index (χ0n) is 12.5. The molecule has 1 heterocycles. The second kappa shape index (κ2) is 6.62. The van der Waals surface area contributed by atoms with E-state index in [1.807, 2.05) is 6.33 Å². The van der Waals surface area contributed by atoms with Gasteiger partial charge in [-0.25, -0.2) is 4.98 Å². The summed E-state index contributed by atoms with van der Waals surface area (Å²) in [6.07, 6.45) is 5.30. The number of nitrogens with one attached hydrogen (secondary N) is 1. The van der Waals surface area contributed by atoms with E-state index in [2.05, 4.69) is 62.0 Å². The topological polar surface area (TPSA) is 29.9 Å². The van der Waals surface area contributed by atoms with Crippen molar-refractivity contribution in [3.05, 3.63) is 18.2 Å². The van der Waals surface area contributed by atoms with Crippen molar-refractivity contribution >= 4 is 11.9 Å². The molecule has 1 aromatic rings. The first-order chi connectivity index (χ1) is 8.28. The highest BCUT2D eigenvalue weighted by atomic mass is 32.2. The molecule has 0 aliphatic carbocycles. The van der Waals surface area contributed by atoms with Crippen molar-refractivity contribution in [3.63, 3.8) is 0 Å². The minimum absolute atomic E-state index is 0.231. The molecular formula is C14H27N3S. The number of hydrogen-bond donors (Lipinski definition) is 1. The predicted molar refractivity (Wildman–Crippen MR) is 80.6 cm³/mol. The van der Waals surface area contributed by atoms with Gasteiger partial charge in [0.1, 0.15) is 0 Å². The zero-order chi connectivity index (χ0) is 13.8. The third-order valence-corrected chi connectivity index (χ3v) is 3.69. The summed E-state index contributed by atoms with van der Waals surface area (Å²) in [5.41, 5.74) is 1.12. The Balaban J connectivity index is 2.46. The van der Waals surface area contributed by atoms with Crippen LogP contribution in [0.2, 0.25) is 0 Å². The van der Waals surface area contributed by atoms with E-state index in [9.17, 15) is 0 Å². The minimum atomic E-state index is 0.231. The van der Waals surface area contributed by atoms with Gasteiger partial charge in [-0.1, -0.05) is 25.8 Å². The van der Waals surface area contributed by atoms with E-state index in [0.717, 1.165) is 18.2 Å². The fourth-order valence-corrected chi connectivity index (χ4v) is 2.11. The average molecular weight is 269 g/mol. The van der Waals surface area contributed by atoms with Gasteiger partial charge in [0.05, 0.1) is 18.1 Å². The van der Waals surface area contributed by atoms with Crippen LogP contribution >= 0.6 is 11.9 Å². The van der Waals surface area contributed by atoms with Crippen LogP contribution in [-0.2, 0) is 6.54 Å². The van der Waals surface area contributed by atoms with Gasteiger partial charge in [-0.05, 0) is 40.0 Å². The summed E-state index contributed by atoms with van der Waals surface area (Å²) in [4.78, 5) is 4.48. The van der Waals surface area contributed by atoms with Gasteiger partial charge in [0.25, 0.3) is 0 Å². The van der Waals surface area contributed by atoms with Gasteiger partial charge in [-0.2, -0.15) is 0 Å². The largest absolute Gasteiger partial charge is 0.337 e. The number of hydrogen-bond acceptors (Lipinski definition) is 3. The summed E-state index contributed by atoms with van der Waals surface area (Å²) >= 11 is 1.76. The summed E-state index contributed by atoms with van der Waals surface area (Å²) < 4.78 is 5.88. The Kier molecular flexibility index (Phi) is 5.73. The van der Waals surface area contributed by atoms with Crippen molar-refractivity contribution in [2.45, 2.75) is 65.3 Å². The van der Waals surface area contributed by atoms with E-state index in [1.165, 1.54) is 6.42 Å². The van der Waals surface area contributed by atoms with Crippen LogP contribution in [0.25, 0.3) is 0 Å². The van der Waals surface area contributed by atoms with Gasteiger partial charge in [-0.3, -0.25) is 4.72 Å². The molecule has 1 unspecified atom stereocenters. The van der Waals surface area contributed by atoms with E-state index in [0.29, 0.717) is 0 Å². The van der Waals surface area contributed by atoms with Gasteiger partial charge in [0, 0.05) is 17.5 Å². The quantitative estimate of drug-likeness (QED) is 0.791. The van der Waals surface area contributed by atoms with Gasteiger partial charge in [0.15, 0.2) is 0 Å². The molecule has 1 aromatic heterocycles. The summed E-state index contributed by atoms with van der Waals surface area (Å²) in [6.45, 7) is 14.3. The molecule has 4 heteroatoms. The van der Waals surface area contributed by atoms with Crippen LogP contribution in [0.5, 0.6) is 0 Å². The number of rotatable bonds is 6. The fourth-order valence-electron chi connectivity index (χ4n) is 1.46. The van der Waals surface area contributed by atoms with Crippen molar-refractivity contribution in [3.8, 4) is 0 Å². The van der Waals surface area contributed by atoms with Crippen LogP contribution in [0.15, 0.2) is 12.5 Å². The molecule has 0 aliphatic rings. The Bertz CT molecular complexity index is 352. The lowest BCUT2D eigenvalue weighted by atomic mass is 10.1. The van der Waals surface area contributed by atoms with Crippen LogP contribution in [-0.4, -0.2) is 14.3 Å². The molecule has 0 saturated carbocycles. The number of aryl methyl sites for hydroxylation is 1. The van der Waals surface area contributed by atoms with Crippen LogP contribution in [0.4, 0.5) is 0 Å². The molecule has 1 rings (SSSR count). The summed E-state index contributed by atoms with van der Waals surface area (Å²) in [6, 6.07) is 0.287. The minimum Gasteiger partial charge on any atom is -0.337 e. The third kappa shape index (κ3) is 5.91. The molecule has 3 nitrogen and oxygen atoms in total. The molecule has 1 N–H and O–H groups in total. The molecule has 0 bridgehead atoms. The second-order valence-electron chi connectivity index (χ2n) is 6.27. The molecule has 0 fully saturated rings. The van der Waals surface area contributed by atoms with Crippen molar-refractivity contribution in [1.82, 2.24) is 14.3 Å². The van der Waals surface area contributed by atoms with Crippen molar-refractivity contribution < 1.29 is 0 Å². The normalized spacial score (nSPS) is 14.2. The molecule has 0 spiro atoms. The maximum Gasteiger partial charge on any atom is 0.0950 e. The Morgan fingerprint density at radius 2 is 2.00 bits per heavy atom. The smallest absolute Gasteiger partial charge is 0.0950 e. The Hall–Kier alpha value is -0.480. The van der Waals surface area contributed by atoms with Gasteiger partial charge < -0.3 is 4.57 Å². The maximum atomic E-state index is 4.48. The third-order valence-electron chi connectivity index (χ3n) is 2.60. The second-order valence-corrected chi connectivity index (χ2v) is 7.94. The molecule has 0 aromatic carbocycles. The summed E-state index contributed by atoms with van der Waals surface area (Å²) in [5.74, 6) is 0.739. The SMILES string of the molecule is CC(C)CCn1cnc(C(C)NSC(C)(C)C)c1. The Labute approximate surface area is 116 Å². The molecule has 104 valence electrons. The fraction of sp³-hybridized carbons (Fsp3) is 0.786. The van der Waals surface area contributed by atoms with Gasteiger partial charge >= 0.3 is 0 Å². The molecule has 0 amide bonds. The Morgan fingerprint density at radius 1 is 1.33 bits per heavy atom. The first kappa shape index (κ1) is 15.6. The predicted octanol–water partition coefficient (Wildman–Crippen LogP) is 4.03. The van der Waals surface area contributed by atoms with E-state index < -0.39 is 0 Å². The highest BCUT2D eigenvalue weighted by molar-refractivity contribution is 7.98. The Morgan fingerprint density at radius 3 is 2.56 bits per heavy atom. The lowest BCUT2D eigenvalue weighted by Crippen LogP contribution is -2.20. The highest BCUT2D eigenvalue weighted by Gasteiger charge is 2.15. The molecular weight excluding hydrogens is 242 g/mol. The van der Waals surface area contributed by atoms with Crippen LogP contribution in [0.1, 0.15) is 59.7 Å². The van der Waals surface area contributed by atoms with Crippen LogP contribution in [0.3, 0.4) is 0 Å². The standard InChI is InChI=1S/C14H27N3S/c1-11(2)7-8-17-9-13(15-10-17)12(3)16-18-14(4,5)6/h9-12,16H,7-8H2,1-6H3. The summed E-state index contributed by atoms with van der Waals surface area (Å²) in [5, 5.41) is 0. The van der Waals surface area contributed by atoms with E-state index in [-0.39, 0.29) is 10.8 Å². The van der Waals surface area contributed by atoms with Crippen molar-refractivity contribution in [2.24, 2.45) is 5.92 Å². The van der Waals surface area contributed by atoms with E-state index >= 15 is 0 Å². The number of nitrogens with zero attached hydrogens (tertiary/aromatic N) is 2. The number of aromatic nitrogens is 2. The van der Waals surface area contributed by atoms with Crippen LogP contribution in [0, 0.1) is 5.92 Å². The lowest BCUT2D eigenvalue weighted by Gasteiger charge is -2.20. The molecule has 0 radical (unpaired) electrons. The molecule has 0 aliphatic heterocycles.